The average molecular weight is 231 g/mol. The number of azide groups is 1. The SMILES string of the molecule is CCCCCC(C)c1ccc(CN=[N+]=[N-])cc1. The quantitative estimate of drug-likeness (QED) is 0.269. The monoisotopic (exact) mass is 231 g/mol. The molecule has 1 aromatic carbocycles. The number of hydrogen-bond donors (Lipinski definition) is 0. The molecule has 0 aliphatic carbocycles. The maximum Gasteiger partial charge on any atom is 0.0510 e. The lowest BCUT2D eigenvalue weighted by Gasteiger charge is -2.11. The van der Waals surface area contributed by atoms with Crippen molar-refractivity contribution < 1.29 is 0 Å². The van der Waals surface area contributed by atoms with Crippen LogP contribution in [0.15, 0.2) is 29.4 Å². The van der Waals surface area contributed by atoms with Crippen LogP contribution in [0, 0.1) is 0 Å². The van der Waals surface area contributed by atoms with Crippen LogP contribution >= 0.6 is 0 Å². The number of rotatable bonds is 7. The first-order chi connectivity index (χ1) is 8.27. The van der Waals surface area contributed by atoms with E-state index in [2.05, 4.69) is 48.1 Å². The van der Waals surface area contributed by atoms with Gasteiger partial charge in [-0.2, -0.15) is 0 Å². The van der Waals surface area contributed by atoms with Crippen LogP contribution < -0.4 is 0 Å². The summed E-state index contributed by atoms with van der Waals surface area (Å²) in [7, 11) is 0. The fraction of sp³-hybridized carbons (Fsp3) is 0.571. The van der Waals surface area contributed by atoms with Gasteiger partial charge in [0, 0.05) is 4.91 Å². The zero-order valence-electron chi connectivity index (χ0n) is 10.8. The molecule has 0 heterocycles. The van der Waals surface area contributed by atoms with Gasteiger partial charge in [0.05, 0.1) is 6.54 Å². The summed E-state index contributed by atoms with van der Waals surface area (Å²) in [6.07, 6.45) is 5.15. The van der Waals surface area contributed by atoms with Crippen molar-refractivity contribution in [3.63, 3.8) is 0 Å². The maximum atomic E-state index is 8.25. The molecule has 1 atom stereocenters. The predicted octanol–water partition coefficient (Wildman–Crippen LogP) is 5.18. The lowest BCUT2D eigenvalue weighted by atomic mass is 9.94. The molecule has 0 fully saturated rings. The Morgan fingerprint density at radius 3 is 2.53 bits per heavy atom. The number of benzene rings is 1. The molecular weight excluding hydrogens is 210 g/mol. The Kier molecular flexibility index (Phi) is 6.19. The lowest BCUT2D eigenvalue weighted by Crippen LogP contribution is -1.94. The predicted molar refractivity (Wildman–Crippen MR) is 71.8 cm³/mol. The van der Waals surface area contributed by atoms with E-state index in [-0.39, 0.29) is 0 Å². The van der Waals surface area contributed by atoms with Crippen molar-refractivity contribution in [3.05, 3.63) is 45.8 Å². The Labute approximate surface area is 103 Å². The molecule has 0 spiro atoms. The van der Waals surface area contributed by atoms with Gasteiger partial charge in [-0.3, -0.25) is 0 Å². The minimum absolute atomic E-state index is 0.445. The molecule has 0 saturated carbocycles. The van der Waals surface area contributed by atoms with E-state index in [1.165, 1.54) is 31.2 Å². The summed E-state index contributed by atoms with van der Waals surface area (Å²) in [4.78, 5) is 2.76. The van der Waals surface area contributed by atoms with Crippen molar-refractivity contribution in [3.8, 4) is 0 Å². The second-order valence-electron chi connectivity index (χ2n) is 4.53. The van der Waals surface area contributed by atoms with E-state index in [0.29, 0.717) is 12.5 Å². The highest BCUT2D eigenvalue weighted by atomic mass is 15.1. The summed E-state index contributed by atoms with van der Waals surface area (Å²) in [6.45, 7) is 4.95. The molecule has 0 aliphatic rings. The van der Waals surface area contributed by atoms with Crippen LogP contribution in [0.3, 0.4) is 0 Å². The fourth-order valence-corrected chi connectivity index (χ4v) is 1.93. The van der Waals surface area contributed by atoms with Crippen LogP contribution in [-0.4, -0.2) is 0 Å². The van der Waals surface area contributed by atoms with Gasteiger partial charge in [-0.05, 0) is 29.0 Å². The molecule has 0 saturated heterocycles. The van der Waals surface area contributed by atoms with Crippen LogP contribution in [0.2, 0.25) is 0 Å². The van der Waals surface area contributed by atoms with Gasteiger partial charge >= 0.3 is 0 Å². The Bertz CT molecular complexity index is 364. The van der Waals surface area contributed by atoms with Crippen LogP contribution in [0.5, 0.6) is 0 Å². The molecule has 1 unspecified atom stereocenters. The first-order valence-electron chi connectivity index (χ1n) is 6.37. The molecule has 0 bridgehead atoms. The van der Waals surface area contributed by atoms with Gasteiger partial charge in [-0.15, -0.1) is 0 Å². The normalized spacial score (nSPS) is 11.9. The lowest BCUT2D eigenvalue weighted by molar-refractivity contribution is 0.598. The summed E-state index contributed by atoms with van der Waals surface area (Å²) in [5.41, 5.74) is 10.7. The molecule has 0 amide bonds. The first kappa shape index (κ1) is 13.6. The van der Waals surface area contributed by atoms with Crippen molar-refractivity contribution >= 4 is 0 Å². The van der Waals surface area contributed by atoms with Gasteiger partial charge in [0.1, 0.15) is 0 Å². The van der Waals surface area contributed by atoms with Crippen LogP contribution in [0.25, 0.3) is 10.4 Å². The largest absolute Gasteiger partial charge is 0.0893 e. The van der Waals surface area contributed by atoms with Crippen molar-refractivity contribution in [2.45, 2.75) is 52.0 Å². The smallest absolute Gasteiger partial charge is 0.0510 e. The topological polar surface area (TPSA) is 48.8 Å². The van der Waals surface area contributed by atoms with Gasteiger partial charge in [0.15, 0.2) is 0 Å². The molecule has 0 N–H and O–H groups in total. The molecule has 1 rings (SSSR count). The van der Waals surface area contributed by atoms with Gasteiger partial charge in [0.2, 0.25) is 0 Å². The van der Waals surface area contributed by atoms with E-state index in [9.17, 15) is 0 Å². The Morgan fingerprint density at radius 1 is 1.24 bits per heavy atom. The standard InChI is InChI=1S/C14H21N3/c1-3-4-5-6-12(2)14-9-7-13(8-10-14)11-16-17-15/h7-10,12H,3-6,11H2,1-2H3. The minimum Gasteiger partial charge on any atom is -0.0893 e. The maximum absolute atomic E-state index is 8.25. The highest BCUT2D eigenvalue weighted by molar-refractivity contribution is 5.25. The van der Waals surface area contributed by atoms with Crippen LogP contribution in [0.1, 0.15) is 56.6 Å². The number of unbranched alkanes of at least 4 members (excludes halogenated alkanes) is 2. The van der Waals surface area contributed by atoms with E-state index < -0.39 is 0 Å². The van der Waals surface area contributed by atoms with Crippen molar-refractivity contribution in [1.82, 2.24) is 0 Å². The van der Waals surface area contributed by atoms with Gasteiger partial charge in [-0.1, -0.05) is 62.5 Å². The molecule has 0 aromatic heterocycles. The highest BCUT2D eigenvalue weighted by Crippen LogP contribution is 2.22. The molecule has 0 radical (unpaired) electrons. The molecular formula is C14H21N3. The Balaban J connectivity index is 2.51. The highest BCUT2D eigenvalue weighted by Gasteiger charge is 2.04. The number of hydrogen-bond acceptors (Lipinski definition) is 1. The molecule has 17 heavy (non-hydrogen) atoms. The zero-order chi connectivity index (χ0) is 12.5. The second-order valence-corrected chi connectivity index (χ2v) is 4.53. The van der Waals surface area contributed by atoms with Gasteiger partial charge in [-0.25, -0.2) is 0 Å². The zero-order valence-corrected chi connectivity index (χ0v) is 10.8. The first-order valence-corrected chi connectivity index (χ1v) is 6.37. The van der Waals surface area contributed by atoms with Crippen molar-refractivity contribution in [1.29, 1.82) is 0 Å². The van der Waals surface area contributed by atoms with E-state index in [1.807, 2.05) is 0 Å². The van der Waals surface area contributed by atoms with E-state index in [4.69, 9.17) is 5.53 Å². The average Bonchev–Trinajstić information content (AvgIpc) is 2.37. The van der Waals surface area contributed by atoms with Crippen LogP contribution in [-0.2, 0) is 6.54 Å². The molecule has 0 aliphatic heterocycles. The third-order valence-electron chi connectivity index (χ3n) is 3.11. The van der Waals surface area contributed by atoms with Crippen molar-refractivity contribution in [2.24, 2.45) is 5.11 Å². The van der Waals surface area contributed by atoms with E-state index in [1.54, 1.807) is 0 Å². The third-order valence-corrected chi connectivity index (χ3v) is 3.11. The van der Waals surface area contributed by atoms with Crippen molar-refractivity contribution in [2.75, 3.05) is 0 Å². The Hall–Kier alpha value is -1.47. The molecule has 1 aromatic rings. The van der Waals surface area contributed by atoms with E-state index >= 15 is 0 Å². The molecule has 92 valence electrons. The van der Waals surface area contributed by atoms with E-state index in [0.717, 1.165) is 5.56 Å². The molecule has 3 heteroatoms. The summed E-state index contributed by atoms with van der Waals surface area (Å²) in [5.74, 6) is 0.620. The second kappa shape index (κ2) is 7.75. The summed E-state index contributed by atoms with van der Waals surface area (Å²) < 4.78 is 0. The third kappa shape index (κ3) is 4.92. The summed E-state index contributed by atoms with van der Waals surface area (Å²) in [6, 6.07) is 8.42. The summed E-state index contributed by atoms with van der Waals surface area (Å²) >= 11 is 0. The minimum atomic E-state index is 0.445. The number of nitrogens with zero attached hydrogens (tertiary/aromatic N) is 3. The van der Waals surface area contributed by atoms with Crippen LogP contribution in [0.4, 0.5) is 0 Å². The summed E-state index contributed by atoms with van der Waals surface area (Å²) in [5, 5.41) is 3.56. The fourth-order valence-electron chi connectivity index (χ4n) is 1.93. The molecule has 3 nitrogen and oxygen atoms in total. The van der Waals surface area contributed by atoms with Gasteiger partial charge < -0.3 is 0 Å². The van der Waals surface area contributed by atoms with Gasteiger partial charge in [0.25, 0.3) is 0 Å². The Morgan fingerprint density at radius 2 is 1.94 bits per heavy atom.